The molecule has 0 spiro atoms. The van der Waals surface area contributed by atoms with Crippen molar-refractivity contribution in [2.75, 3.05) is 13.1 Å². The molecule has 0 aliphatic carbocycles. The maximum atomic E-state index is 16.4. The van der Waals surface area contributed by atoms with Crippen molar-refractivity contribution in [2.45, 2.75) is 19.8 Å². The molecule has 1 fully saturated rings. The molecule has 0 saturated carbocycles. The van der Waals surface area contributed by atoms with E-state index in [0.29, 0.717) is 19.0 Å². The summed E-state index contributed by atoms with van der Waals surface area (Å²) in [6, 6.07) is 16.8. The van der Waals surface area contributed by atoms with E-state index in [1.165, 1.54) is 4.67 Å². The minimum atomic E-state index is -5.31. The third kappa shape index (κ3) is 2.47. The molecule has 1 heterocycles. The molecule has 0 aromatic heterocycles. The van der Waals surface area contributed by atoms with Gasteiger partial charge in [0.15, 0.2) is 0 Å². The summed E-state index contributed by atoms with van der Waals surface area (Å²) in [4.78, 5) is 0. The number of benzene rings is 2. The van der Waals surface area contributed by atoms with E-state index in [1.807, 2.05) is 0 Å². The Balaban J connectivity index is 2.18. The fraction of sp³-hybridized carbons (Fsp3) is 0.333. The van der Waals surface area contributed by atoms with Crippen LogP contribution < -0.4 is 10.6 Å². The topological polar surface area (TPSA) is 3.24 Å². The van der Waals surface area contributed by atoms with Gasteiger partial charge in [-0.15, -0.1) is 0 Å². The molecule has 1 aliphatic heterocycles. The second kappa shape index (κ2) is 5.72. The van der Waals surface area contributed by atoms with E-state index in [-0.39, 0.29) is 10.6 Å². The molecule has 0 radical (unpaired) electrons. The van der Waals surface area contributed by atoms with Gasteiger partial charge in [-0.3, -0.25) is 0 Å². The van der Waals surface area contributed by atoms with Crippen molar-refractivity contribution in [2.24, 2.45) is 5.92 Å². The molecule has 4 heteroatoms. The summed E-state index contributed by atoms with van der Waals surface area (Å²) in [5.41, 5.74) is 0. The van der Waals surface area contributed by atoms with Gasteiger partial charge in [-0.05, 0) is 0 Å². The molecule has 2 aromatic carbocycles. The van der Waals surface area contributed by atoms with E-state index in [4.69, 9.17) is 0 Å². The zero-order chi connectivity index (χ0) is 15.7. The van der Waals surface area contributed by atoms with Gasteiger partial charge in [0.05, 0.1) is 0 Å². The van der Waals surface area contributed by atoms with Crippen LogP contribution in [0.5, 0.6) is 0 Å². The van der Waals surface area contributed by atoms with E-state index in [9.17, 15) is 0 Å². The van der Waals surface area contributed by atoms with Gasteiger partial charge in [0.2, 0.25) is 0 Å². The Morgan fingerprint density at radius 2 is 1.41 bits per heavy atom. The van der Waals surface area contributed by atoms with Crippen LogP contribution in [0.2, 0.25) is 0 Å². The zero-order valence-electron chi connectivity index (χ0n) is 12.8. The van der Waals surface area contributed by atoms with Crippen molar-refractivity contribution in [1.82, 2.24) is 4.67 Å². The number of hydrogen-bond acceptors (Lipinski definition) is 1. The summed E-state index contributed by atoms with van der Waals surface area (Å²) in [6.45, 7) is 3.01. The predicted molar refractivity (Wildman–Crippen MR) is 91.3 cm³/mol. The van der Waals surface area contributed by atoms with E-state index < -0.39 is 7.38 Å². The quantitative estimate of drug-likeness (QED) is 0.747. The number of halogens is 2. The van der Waals surface area contributed by atoms with Gasteiger partial charge in [-0.25, -0.2) is 0 Å². The van der Waals surface area contributed by atoms with Crippen molar-refractivity contribution in [3.8, 4) is 0 Å². The Labute approximate surface area is 131 Å². The Kier molecular flexibility index (Phi) is 4.05. The normalized spacial score (nSPS) is 22.0. The van der Waals surface area contributed by atoms with Crippen LogP contribution in [-0.4, -0.2) is 17.8 Å². The van der Waals surface area contributed by atoms with Crippen LogP contribution in [0, 0.1) is 5.92 Å². The molecule has 2 aromatic rings. The van der Waals surface area contributed by atoms with Gasteiger partial charge in [-0.1, -0.05) is 0 Å². The molecule has 3 rings (SSSR count). The van der Waals surface area contributed by atoms with Gasteiger partial charge in [-0.2, -0.15) is 0 Å². The van der Waals surface area contributed by atoms with E-state index in [0.717, 1.165) is 12.8 Å². The van der Waals surface area contributed by atoms with Crippen molar-refractivity contribution in [1.29, 1.82) is 0 Å². The summed E-state index contributed by atoms with van der Waals surface area (Å²) in [7, 11) is -5.31. The Bertz CT molecular complexity index is 587. The molecule has 1 nitrogen and oxygen atoms in total. The molecule has 0 N–H and O–H groups in total. The van der Waals surface area contributed by atoms with Gasteiger partial charge in [0.1, 0.15) is 0 Å². The molecule has 0 amide bonds. The van der Waals surface area contributed by atoms with E-state index >= 15 is 8.39 Å². The van der Waals surface area contributed by atoms with Gasteiger partial charge in [0, 0.05) is 0 Å². The van der Waals surface area contributed by atoms with Crippen LogP contribution in [0.15, 0.2) is 60.7 Å². The molecule has 1 aliphatic rings. The first-order chi connectivity index (χ1) is 10.5. The molecular formula is C18H22F2NP. The van der Waals surface area contributed by atoms with Gasteiger partial charge < -0.3 is 0 Å². The Morgan fingerprint density at radius 1 is 0.909 bits per heavy atom. The fourth-order valence-electron chi connectivity index (χ4n) is 3.32. The molecule has 0 bridgehead atoms. The summed E-state index contributed by atoms with van der Waals surface area (Å²) < 4.78 is 34.3. The summed E-state index contributed by atoms with van der Waals surface area (Å²) >= 11 is 0. The van der Waals surface area contributed by atoms with Gasteiger partial charge in [0.25, 0.3) is 0 Å². The third-order valence-corrected chi connectivity index (χ3v) is 8.24. The summed E-state index contributed by atoms with van der Waals surface area (Å²) in [6.07, 6.45) is 1.87. The first-order valence-electron chi connectivity index (χ1n) is 7.83. The third-order valence-electron chi connectivity index (χ3n) is 4.52. The molecule has 1 unspecified atom stereocenters. The van der Waals surface area contributed by atoms with Crippen molar-refractivity contribution < 1.29 is 8.39 Å². The maximum absolute atomic E-state index is 16.4. The summed E-state index contributed by atoms with van der Waals surface area (Å²) in [5, 5.41) is 0.350. The second-order valence-corrected chi connectivity index (χ2v) is 9.52. The molecule has 118 valence electrons. The molecule has 1 atom stereocenters. The Morgan fingerprint density at radius 3 is 1.86 bits per heavy atom. The Hall–Kier alpha value is -1.31. The fourth-order valence-corrected chi connectivity index (χ4v) is 6.69. The van der Waals surface area contributed by atoms with Crippen LogP contribution in [0.3, 0.4) is 0 Å². The summed E-state index contributed by atoms with van der Waals surface area (Å²) in [5.74, 6) is 0.314. The van der Waals surface area contributed by atoms with Crippen LogP contribution >= 0.6 is 7.38 Å². The molecular weight excluding hydrogens is 299 g/mol. The number of piperidine rings is 1. The van der Waals surface area contributed by atoms with E-state index in [1.54, 1.807) is 60.7 Å². The number of nitrogens with zero attached hydrogens (tertiary/aromatic N) is 1. The van der Waals surface area contributed by atoms with Crippen molar-refractivity contribution >= 4 is 18.0 Å². The first-order valence-corrected chi connectivity index (χ1v) is 9.80. The zero-order valence-corrected chi connectivity index (χ0v) is 13.7. The van der Waals surface area contributed by atoms with Crippen LogP contribution in [0.25, 0.3) is 0 Å². The first kappa shape index (κ1) is 15.6. The number of hydrogen-bond donors (Lipinski definition) is 0. The average molecular weight is 321 g/mol. The predicted octanol–water partition coefficient (Wildman–Crippen LogP) is 4.61. The van der Waals surface area contributed by atoms with Gasteiger partial charge >= 0.3 is 130 Å². The minimum absolute atomic E-state index is 0.175. The van der Waals surface area contributed by atoms with Crippen LogP contribution in [0.4, 0.5) is 8.39 Å². The standard InChI is InChI=1S/C18H22F2NP/c1-16-9-8-14-21(15-16)22(19,20,17-10-4-2-5-11-17)18-12-6-3-7-13-18/h2-7,10-13,16H,8-9,14-15H2,1H3. The number of rotatable bonds is 3. The van der Waals surface area contributed by atoms with E-state index in [2.05, 4.69) is 6.92 Å². The second-order valence-electron chi connectivity index (χ2n) is 6.20. The monoisotopic (exact) mass is 321 g/mol. The molecule has 1 saturated heterocycles. The van der Waals surface area contributed by atoms with Crippen molar-refractivity contribution in [3.05, 3.63) is 60.7 Å². The van der Waals surface area contributed by atoms with Crippen LogP contribution in [-0.2, 0) is 0 Å². The molecule has 22 heavy (non-hydrogen) atoms. The SMILES string of the molecule is CC1CCCN(P(F)(F)(c2ccccc2)c2ccccc2)C1. The van der Waals surface area contributed by atoms with Crippen molar-refractivity contribution in [3.63, 3.8) is 0 Å². The average Bonchev–Trinajstić information content (AvgIpc) is 2.57. The van der Waals surface area contributed by atoms with Crippen LogP contribution in [0.1, 0.15) is 19.8 Å².